The minimum atomic E-state index is 0.395. The van der Waals surface area contributed by atoms with E-state index in [1.54, 1.807) is 0 Å². The second-order valence-electron chi connectivity index (χ2n) is 5.39. The fourth-order valence-electron chi connectivity index (χ4n) is 2.54. The maximum absolute atomic E-state index is 5.89. The first kappa shape index (κ1) is 15.4. The number of aromatic nitrogens is 1. The molecule has 4 heteroatoms. The number of nitrogens with two attached hydrogens (primary N) is 1. The Morgan fingerprint density at radius 1 is 1.24 bits per heavy atom. The van der Waals surface area contributed by atoms with Crippen molar-refractivity contribution < 1.29 is 0 Å². The Morgan fingerprint density at radius 2 is 1.90 bits per heavy atom. The van der Waals surface area contributed by atoms with Crippen molar-refractivity contribution >= 4 is 22.9 Å². The van der Waals surface area contributed by atoms with Gasteiger partial charge in [-0.3, -0.25) is 4.98 Å². The van der Waals surface area contributed by atoms with Crippen molar-refractivity contribution in [2.45, 2.75) is 27.3 Å². The summed E-state index contributed by atoms with van der Waals surface area (Å²) in [5.74, 6) is 0. The highest BCUT2D eigenvalue weighted by Crippen LogP contribution is 2.25. The summed E-state index contributed by atoms with van der Waals surface area (Å²) in [5.41, 5.74) is 12.2. The van der Waals surface area contributed by atoms with E-state index in [0.29, 0.717) is 4.99 Å². The topological polar surface area (TPSA) is 42.1 Å². The van der Waals surface area contributed by atoms with E-state index >= 15 is 0 Å². The van der Waals surface area contributed by atoms with Gasteiger partial charge in [-0.15, -0.1) is 0 Å². The molecular formula is C17H21N3S. The van der Waals surface area contributed by atoms with E-state index in [4.69, 9.17) is 18.0 Å². The zero-order valence-electron chi connectivity index (χ0n) is 13.0. The summed E-state index contributed by atoms with van der Waals surface area (Å²) in [6, 6.07) is 10.4. The number of aryl methyl sites for hydroxylation is 3. The molecule has 3 nitrogen and oxygen atoms in total. The van der Waals surface area contributed by atoms with Crippen LogP contribution < -0.4 is 10.6 Å². The van der Waals surface area contributed by atoms with E-state index in [1.165, 1.54) is 11.1 Å². The van der Waals surface area contributed by atoms with Crippen molar-refractivity contribution in [1.29, 1.82) is 0 Å². The minimum absolute atomic E-state index is 0.395. The molecule has 1 heterocycles. The standard InChI is InChI=1S/C17H21N3S/c1-11-7-5-6-8-14(11)10-20(4)15-9-12(2)19-13(3)16(15)17(18)21/h5-9H,10H2,1-4H3,(H2,18,21). The molecule has 0 aliphatic carbocycles. The average Bonchev–Trinajstić information content (AvgIpc) is 2.39. The monoisotopic (exact) mass is 299 g/mol. The largest absolute Gasteiger partial charge is 0.389 e. The molecule has 2 N–H and O–H groups in total. The third kappa shape index (κ3) is 3.39. The molecule has 1 aromatic carbocycles. The predicted octanol–water partition coefficient (Wildman–Crippen LogP) is 3.28. The number of anilines is 1. The van der Waals surface area contributed by atoms with Gasteiger partial charge in [-0.2, -0.15) is 0 Å². The smallest absolute Gasteiger partial charge is 0.107 e. The van der Waals surface area contributed by atoms with Crippen LogP contribution in [-0.2, 0) is 6.54 Å². The number of hydrogen-bond acceptors (Lipinski definition) is 3. The van der Waals surface area contributed by atoms with Gasteiger partial charge in [-0.25, -0.2) is 0 Å². The molecule has 0 fully saturated rings. The zero-order valence-corrected chi connectivity index (χ0v) is 13.8. The van der Waals surface area contributed by atoms with Crippen LogP contribution in [0.3, 0.4) is 0 Å². The van der Waals surface area contributed by atoms with E-state index in [2.05, 4.69) is 48.1 Å². The van der Waals surface area contributed by atoms with Crippen LogP contribution in [0.4, 0.5) is 5.69 Å². The summed E-state index contributed by atoms with van der Waals surface area (Å²) in [7, 11) is 2.06. The van der Waals surface area contributed by atoms with Gasteiger partial charge in [0.15, 0.2) is 0 Å². The van der Waals surface area contributed by atoms with Crippen molar-refractivity contribution in [3.63, 3.8) is 0 Å². The SMILES string of the molecule is Cc1cc(N(C)Cc2ccccc2C)c(C(N)=S)c(C)n1. The highest BCUT2D eigenvalue weighted by atomic mass is 32.1. The van der Waals surface area contributed by atoms with Gasteiger partial charge in [0, 0.05) is 25.0 Å². The van der Waals surface area contributed by atoms with Gasteiger partial charge in [0.1, 0.15) is 4.99 Å². The van der Waals surface area contributed by atoms with Crippen molar-refractivity contribution in [2.24, 2.45) is 5.73 Å². The molecule has 21 heavy (non-hydrogen) atoms. The number of pyridine rings is 1. The molecule has 0 bridgehead atoms. The summed E-state index contributed by atoms with van der Waals surface area (Å²) >= 11 is 5.20. The summed E-state index contributed by atoms with van der Waals surface area (Å²) in [5, 5.41) is 0. The normalized spacial score (nSPS) is 10.5. The zero-order chi connectivity index (χ0) is 15.6. The first-order chi connectivity index (χ1) is 9.90. The van der Waals surface area contributed by atoms with E-state index in [1.807, 2.05) is 19.9 Å². The number of hydrogen-bond donors (Lipinski definition) is 1. The van der Waals surface area contributed by atoms with Gasteiger partial charge in [-0.1, -0.05) is 36.5 Å². The number of thiocarbonyl (C=S) groups is 1. The van der Waals surface area contributed by atoms with Gasteiger partial charge in [0.25, 0.3) is 0 Å². The molecule has 110 valence electrons. The molecule has 0 saturated heterocycles. The molecule has 0 saturated carbocycles. The van der Waals surface area contributed by atoms with Crippen LogP contribution in [0.1, 0.15) is 28.1 Å². The predicted molar refractivity (Wildman–Crippen MR) is 92.9 cm³/mol. The van der Waals surface area contributed by atoms with Gasteiger partial charge in [-0.05, 0) is 38.0 Å². The maximum Gasteiger partial charge on any atom is 0.107 e. The molecule has 0 radical (unpaired) electrons. The van der Waals surface area contributed by atoms with Crippen LogP contribution in [0.2, 0.25) is 0 Å². The lowest BCUT2D eigenvalue weighted by molar-refractivity contribution is 0.905. The molecule has 2 rings (SSSR count). The van der Waals surface area contributed by atoms with Crippen LogP contribution >= 0.6 is 12.2 Å². The quantitative estimate of drug-likeness (QED) is 0.880. The Morgan fingerprint density at radius 3 is 2.52 bits per heavy atom. The molecule has 0 amide bonds. The van der Waals surface area contributed by atoms with E-state index in [0.717, 1.165) is 29.2 Å². The average molecular weight is 299 g/mol. The molecule has 2 aromatic rings. The van der Waals surface area contributed by atoms with Crippen LogP contribution in [0, 0.1) is 20.8 Å². The van der Waals surface area contributed by atoms with E-state index in [9.17, 15) is 0 Å². The number of rotatable bonds is 4. The summed E-state index contributed by atoms with van der Waals surface area (Å²) in [6.07, 6.45) is 0. The Balaban J connectivity index is 2.41. The van der Waals surface area contributed by atoms with Gasteiger partial charge in [0.05, 0.1) is 11.3 Å². The highest BCUT2D eigenvalue weighted by molar-refractivity contribution is 7.80. The van der Waals surface area contributed by atoms with Crippen molar-refractivity contribution in [2.75, 3.05) is 11.9 Å². The fraction of sp³-hybridized carbons (Fsp3) is 0.294. The third-order valence-electron chi connectivity index (χ3n) is 3.63. The Hall–Kier alpha value is -1.94. The molecular weight excluding hydrogens is 278 g/mol. The molecule has 0 spiro atoms. The van der Waals surface area contributed by atoms with Crippen molar-refractivity contribution in [1.82, 2.24) is 4.98 Å². The van der Waals surface area contributed by atoms with E-state index in [-0.39, 0.29) is 0 Å². The summed E-state index contributed by atoms with van der Waals surface area (Å²) < 4.78 is 0. The Labute approximate surface area is 131 Å². The van der Waals surface area contributed by atoms with Gasteiger partial charge >= 0.3 is 0 Å². The molecule has 0 unspecified atom stereocenters. The third-order valence-corrected chi connectivity index (χ3v) is 3.84. The van der Waals surface area contributed by atoms with Crippen LogP contribution in [-0.4, -0.2) is 17.0 Å². The fourth-order valence-corrected chi connectivity index (χ4v) is 2.79. The Kier molecular flexibility index (Phi) is 4.58. The summed E-state index contributed by atoms with van der Waals surface area (Å²) in [6.45, 7) is 6.87. The lowest BCUT2D eigenvalue weighted by Gasteiger charge is -2.24. The minimum Gasteiger partial charge on any atom is -0.389 e. The van der Waals surface area contributed by atoms with Crippen LogP contribution in [0.15, 0.2) is 30.3 Å². The molecule has 1 aromatic heterocycles. The maximum atomic E-state index is 5.89. The first-order valence-electron chi connectivity index (χ1n) is 6.94. The second-order valence-corrected chi connectivity index (χ2v) is 5.83. The number of nitrogens with zero attached hydrogens (tertiary/aromatic N) is 2. The van der Waals surface area contributed by atoms with Crippen LogP contribution in [0.5, 0.6) is 0 Å². The van der Waals surface area contributed by atoms with Gasteiger partial charge < -0.3 is 10.6 Å². The highest BCUT2D eigenvalue weighted by Gasteiger charge is 2.15. The lowest BCUT2D eigenvalue weighted by atomic mass is 10.1. The Bertz CT molecular complexity index is 680. The molecule has 0 aliphatic rings. The van der Waals surface area contributed by atoms with Crippen LogP contribution in [0.25, 0.3) is 0 Å². The summed E-state index contributed by atoms with van der Waals surface area (Å²) in [4.78, 5) is 7.04. The first-order valence-corrected chi connectivity index (χ1v) is 7.34. The number of benzene rings is 1. The molecule has 0 atom stereocenters. The lowest BCUT2D eigenvalue weighted by Crippen LogP contribution is -2.23. The van der Waals surface area contributed by atoms with Crippen molar-refractivity contribution in [3.8, 4) is 0 Å². The second kappa shape index (κ2) is 6.22. The molecule has 0 aliphatic heterocycles. The van der Waals surface area contributed by atoms with Crippen molar-refractivity contribution in [3.05, 3.63) is 58.4 Å². The van der Waals surface area contributed by atoms with Gasteiger partial charge in [0.2, 0.25) is 0 Å². The van der Waals surface area contributed by atoms with E-state index < -0.39 is 0 Å².